The lowest BCUT2D eigenvalue weighted by Crippen LogP contribution is -2.45. The van der Waals surface area contributed by atoms with Gasteiger partial charge in [0, 0.05) is 6.04 Å². The van der Waals surface area contributed by atoms with Crippen LogP contribution in [0.25, 0.3) is 0 Å². The van der Waals surface area contributed by atoms with Crippen LogP contribution in [-0.4, -0.2) is 16.9 Å². The fourth-order valence-corrected chi connectivity index (χ4v) is 2.78. The van der Waals surface area contributed by atoms with Gasteiger partial charge in [-0.15, -0.1) is 0 Å². The summed E-state index contributed by atoms with van der Waals surface area (Å²) in [5, 5.41) is 3.13. The van der Waals surface area contributed by atoms with Crippen LogP contribution in [0.2, 0.25) is 0 Å². The molecule has 3 nitrogen and oxygen atoms in total. The molecule has 3 unspecified atom stereocenters. The van der Waals surface area contributed by atoms with Gasteiger partial charge < -0.3 is 11.1 Å². The Labute approximate surface area is 110 Å². The number of rotatable bonds is 4. The number of carbonyl (C=O) groups is 1. The van der Waals surface area contributed by atoms with E-state index in [0.717, 1.165) is 6.42 Å². The number of nitrogens with two attached hydrogens (primary N) is 1. The van der Waals surface area contributed by atoms with Gasteiger partial charge in [0.15, 0.2) is 0 Å². The molecule has 0 aliphatic heterocycles. The third-order valence-electron chi connectivity index (χ3n) is 3.76. The topological polar surface area (TPSA) is 55.1 Å². The van der Waals surface area contributed by atoms with Crippen LogP contribution < -0.4 is 11.1 Å². The fraction of sp³-hybridized carbons (Fsp3) is 0.846. The zero-order chi connectivity index (χ0) is 12.8. The molecule has 17 heavy (non-hydrogen) atoms. The minimum atomic E-state index is -0.305. The monoisotopic (exact) mass is 256 g/mol. The lowest BCUT2D eigenvalue weighted by molar-refractivity contribution is -0.124. The van der Waals surface area contributed by atoms with E-state index < -0.39 is 0 Å². The van der Waals surface area contributed by atoms with Gasteiger partial charge in [0.1, 0.15) is 0 Å². The van der Waals surface area contributed by atoms with Crippen LogP contribution in [0.5, 0.6) is 0 Å². The Morgan fingerprint density at radius 3 is 2.65 bits per heavy atom. The van der Waals surface area contributed by atoms with E-state index in [1.54, 1.807) is 0 Å². The number of nitrogens with one attached hydrogen (secondary N) is 1. The summed E-state index contributed by atoms with van der Waals surface area (Å²) in [7, 11) is 0. The Hall–Kier alpha value is -0.640. The van der Waals surface area contributed by atoms with Gasteiger partial charge in [0.2, 0.25) is 5.91 Å². The van der Waals surface area contributed by atoms with Crippen LogP contribution in [0.15, 0.2) is 0 Å². The molecule has 1 aliphatic rings. The molecule has 0 aromatic rings. The zero-order valence-electron chi connectivity index (χ0n) is 10.9. The number of carbonyl (C=O) groups excluding carboxylic acids is 1. The van der Waals surface area contributed by atoms with E-state index in [9.17, 15) is 4.79 Å². The Morgan fingerprint density at radius 2 is 2.06 bits per heavy atom. The Kier molecular flexibility index (Phi) is 5.89. The molecule has 1 fully saturated rings. The molecule has 3 atom stereocenters. The van der Waals surface area contributed by atoms with Crippen molar-refractivity contribution in [3.8, 4) is 0 Å². The molecule has 0 bridgehead atoms. The smallest absolute Gasteiger partial charge is 0.230 e. The van der Waals surface area contributed by atoms with Crippen LogP contribution >= 0.6 is 12.2 Å². The van der Waals surface area contributed by atoms with Crippen molar-refractivity contribution in [2.75, 3.05) is 0 Å². The van der Waals surface area contributed by atoms with Crippen molar-refractivity contribution in [2.24, 2.45) is 17.6 Å². The van der Waals surface area contributed by atoms with Crippen molar-refractivity contribution in [3.63, 3.8) is 0 Å². The van der Waals surface area contributed by atoms with Crippen molar-refractivity contribution >= 4 is 23.1 Å². The maximum Gasteiger partial charge on any atom is 0.230 e. The zero-order valence-corrected chi connectivity index (χ0v) is 11.7. The van der Waals surface area contributed by atoms with Crippen molar-refractivity contribution < 1.29 is 4.79 Å². The SMILES string of the molecule is CCC(C(=O)NC1CCCCCC1C)C(N)=S. The van der Waals surface area contributed by atoms with Crippen LogP contribution in [0.1, 0.15) is 52.4 Å². The average Bonchev–Trinajstić information content (AvgIpc) is 2.45. The van der Waals surface area contributed by atoms with Crippen LogP contribution in [0.4, 0.5) is 0 Å². The molecule has 98 valence electrons. The van der Waals surface area contributed by atoms with Gasteiger partial charge in [0.25, 0.3) is 0 Å². The molecule has 0 aromatic carbocycles. The standard InChI is InChI=1S/C13H24N2OS/c1-3-10(12(14)17)13(16)15-11-8-6-4-5-7-9(11)2/h9-11H,3-8H2,1-2H3,(H2,14,17)(H,15,16). The van der Waals surface area contributed by atoms with E-state index in [2.05, 4.69) is 12.2 Å². The molecule has 4 heteroatoms. The largest absolute Gasteiger partial charge is 0.393 e. The van der Waals surface area contributed by atoms with Gasteiger partial charge in [-0.25, -0.2) is 0 Å². The molecule has 1 rings (SSSR count). The highest BCUT2D eigenvalue weighted by atomic mass is 32.1. The van der Waals surface area contributed by atoms with Crippen molar-refractivity contribution in [2.45, 2.75) is 58.4 Å². The molecule has 1 saturated carbocycles. The average molecular weight is 256 g/mol. The summed E-state index contributed by atoms with van der Waals surface area (Å²) in [5.74, 6) is 0.268. The molecule has 1 amide bonds. The molecular weight excluding hydrogens is 232 g/mol. The number of hydrogen-bond donors (Lipinski definition) is 2. The molecule has 0 saturated heterocycles. The summed E-state index contributed by atoms with van der Waals surface area (Å²) < 4.78 is 0. The maximum absolute atomic E-state index is 12.1. The summed E-state index contributed by atoms with van der Waals surface area (Å²) in [4.78, 5) is 12.4. The Balaban J connectivity index is 2.56. The van der Waals surface area contributed by atoms with Gasteiger partial charge in [0.05, 0.1) is 10.9 Å². The number of amides is 1. The lowest BCUT2D eigenvalue weighted by atomic mass is 9.95. The van der Waals surface area contributed by atoms with E-state index in [1.807, 2.05) is 6.92 Å². The fourth-order valence-electron chi connectivity index (χ4n) is 2.51. The van der Waals surface area contributed by atoms with E-state index >= 15 is 0 Å². The highest BCUT2D eigenvalue weighted by Gasteiger charge is 2.25. The summed E-state index contributed by atoms with van der Waals surface area (Å²) in [6.07, 6.45) is 6.74. The number of thiocarbonyl (C=S) groups is 1. The van der Waals surface area contributed by atoms with E-state index in [0.29, 0.717) is 23.4 Å². The van der Waals surface area contributed by atoms with Gasteiger partial charge in [-0.1, -0.05) is 45.3 Å². The third kappa shape index (κ3) is 4.26. The van der Waals surface area contributed by atoms with Crippen molar-refractivity contribution in [3.05, 3.63) is 0 Å². The maximum atomic E-state index is 12.1. The normalized spacial score (nSPS) is 26.9. The quantitative estimate of drug-likeness (QED) is 0.600. The van der Waals surface area contributed by atoms with Gasteiger partial charge in [-0.05, 0) is 25.2 Å². The van der Waals surface area contributed by atoms with Gasteiger partial charge >= 0.3 is 0 Å². The first kappa shape index (κ1) is 14.4. The second-order valence-corrected chi connectivity index (χ2v) is 5.56. The first-order valence-electron chi connectivity index (χ1n) is 6.66. The molecule has 0 aromatic heterocycles. The van der Waals surface area contributed by atoms with Gasteiger partial charge in [-0.2, -0.15) is 0 Å². The van der Waals surface area contributed by atoms with E-state index in [-0.39, 0.29) is 11.8 Å². The predicted octanol–water partition coefficient (Wildman–Crippen LogP) is 2.38. The first-order chi connectivity index (χ1) is 8.06. The van der Waals surface area contributed by atoms with Crippen LogP contribution in [0.3, 0.4) is 0 Å². The second kappa shape index (κ2) is 6.94. The lowest BCUT2D eigenvalue weighted by Gasteiger charge is -2.25. The molecule has 0 radical (unpaired) electrons. The predicted molar refractivity (Wildman–Crippen MR) is 74.7 cm³/mol. The Morgan fingerprint density at radius 1 is 1.41 bits per heavy atom. The van der Waals surface area contributed by atoms with Crippen LogP contribution in [0, 0.1) is 11.8 Å². The highest BCUT2D eigenvalue weighted by molar-refractivity contribution is 7.80. The molecule has 0 spiro atoms. The molecule has 3 N–H and O–H groups in total. The summed E-state index contributed by atoms with van der Waals surface area (Å²) in [6, 6.07) is 0.299. The van der Waals surface area contributed by atoms with Gasteiger partial charge in [-0.3, -0.25) is 4.79 Å². The number of hydrogen-bond acceptors (Lipinski definition) is 2. The van der Waals surface area contributed by atoms with E-state index in [4.69, 9.17) is 18.0 Å². The van der Waals surface area contributed by atoms with Crippen molar-refractivity contribution in [1.82, 2.24) is 5.32 Å². The molecular formula is C13H24N2OS. The second-order valence-electron chi connectivity index (χ2n) is 5.09. The minimum absolute atomic E-state index is 0.0127. The summed E-state index contributed by atoms with van der Waals surface area (Å²) in [5.41, 5.74) is 5.59. The summed E-state index contributed by atoms with van der Waals surface area (Å²) >= 11 is 4.93. The van der Waals surface area contributed by atoms with Crippen molar-refractivity contribution in [1.29, 1.82) is 0 Å². The molecule has 1 aliphatic carbocycles. The third-order valence-corrected chi connectivity index (χ3v) is 4.04. The first-order valence-corrected chi connectivity index (χ1v) is 7.06. The molecule has 0 heterocycles. The van der Waals surface area contributed by atoms with Crippen LogP contribution in [-0.2, 0) is 4.79 Å². The summed E-state index contributed by atoms with van der Waals surface area (Å²) in [6.45, 7) is 4.16. The van der Waals surface area contributed by atoms with E-state index in [1.165, 1.54) is 25.7 Å². The highest BCUT2D eigenvalue weighted by Crippen LogP contribution is 2.23. The Bertz CT molecular complexity index is 281. The minimum Gasteiger partial charge on any atom is -0.393 e.